The molecule has 0 aliphatic carbocycles. The molecular weight excluding hydrogens is 520 g/mol. The highest BCUT2D eigenvalue weighted by Crippen LogP contribution is 2.38. The van der Waals surface area contributed by atoms with Gasteiger partial charge in [-0.25, -0.2) is 0 Å². The number of fused-ring (bicyclic) bond motifs is 9. The van der Waals surface area contributed by atoms with Gasteiger partial charge in [0.05, 0.1) is 9.60 Å². The molecule has 0 bridgehead atoms. The topological polar surface area (TPSA) is 13.1 Å². The SMILES string of the molecule is [2H]c1c([2H])c([2H])c2c(oc3c([2H])c(-c4cccc(-c5cccc(-c6ccc7c8ccccc8c8ccccc8c7c6)c5)c4)c([2H])c([2H])c32)c1[2H]. The van der Waals surface area contributed by atoms with Crippen molar-refractivity contribution in [3.05, 3.63) is 158 Å². The first-order chi connectivity index (χ1) is 24.2. The van der Waals surface area contributed by atoms with Crippen LogP contribution in [0.4, 0.5) is 0 Å². The average Bonchev–Trinajstić information content (AvgIpc) is 3.57. The maximum Gasteiger partial charge on any atom is 0.136 e. The minimum atomic E-state index is -0.452. The summed E-state index contributed by atoms with van der Waals surface area (Å²) in [5.74, 6) is 0. The van der Waals surface area contributed by atoms with Crippen LogP contribution >= 0.6 is 0 Å². The molecule has 1 nitrogen and oxygen atoms in total. The number of hydrogen-bond donors (Lipinski definition) is 0. The van der Waals surface area contributed by atoms with E-state index in [0.29, 0.717) is 5.56 Å². The Morgan fingerprint density at radius 1 is 0.349 bits per heavy atom. The zero-order valence-corrected chi connectivity index (χ0v) is 22.9. The van der Waals surface area contributed by atoms with Crippen molar-refractivity contribution in [1.29, 1.82) is 0 Å². The lowest BCUT2D eigenvalue weighted by Crippen LogP contribution is -1.86. The molecule has 0 aliphatic rings. The quantitative estimate of drug-likeness (QED) is 0.198. The number of furan rings is 1. The van der Waals surface area contributed by atoms with Crippen molar-refractivity contribution < 1.29 is 14.0 Å². The summed E-state index contributed by atoms with van der Waals surface area (Å²) in [6.45, 7) is 0. The Kier molecular flexibility index (Phi) is 3.95. The first-order valence-corrected chi connectivity index (χ1v) is 14.2. The van der Waals surface area contributed by atoms with E-state index in [1.165, 1.54) is 32.3 Å². The standard InChI is InChI=1S/C42H26O/c1-2-15-35-33(13-1)34-14-3-4-16-36(34)40-25-31(19-21-37(35)40)29-11-7-9-27(23-29)28-10-8-12-30(24-28)32-20-22-39-38-17-5-6-18-41(38)43-42(39)26-32/h1-26H/i5D,6D,17D,18D,20D,22D,26D. The second kappa shape index (κ2) is 9.44. The van der Waals surface area contributed by atoms with Gasteiger partial charge in [-0.3, -0.25) is 0 Å². The van der Waals surface area contributed by atoms with E-state index in [9.17, 15) is 0 Å². The van der Waals surface area contributed by atoms with Crippen LogP contribution in [-0.4, -0.2) is 0 Å². The highest BCUT2D eigenvalue weighted by molar-refractivity contribution is 6.25. The van der Waals surface area contributed by atoms with Crippen LogP contribution in [0.2, 0.25) is 0 Å². The van der Waals surface area contributed by atoms with Gasteiger partial charge in [0.25, 0.3) is 0 Å². The zero-order valence-electron chi connectivity index (χ0n) is 29.9. The van der Waals surface area contributed by atoms with Crippen molar-refractivity contribution in [2.45, 2.75) is 0 Å². The van der Waals surface area contributed by atoms with E-state index in [1.54, 1.807) is 6.07 Å². The highest BCUT2D eigenvalue weighted by Gasteiger charge is 2.11. The van der Waals surface area contributed by atoms with Gasteiger partial charge in [-0.05, 0) is 102 Å². The fourth-order valence-corrected chi connectivity index (χ4v) is 6.26. The van der Waals surface area contributed by atoms with Crippen LogP contribution in [-0.2, 0) is 0 Å². The van der Waals surface area contributed by atoms with Crippen LogP contribution < -0.4 is 0 Å². The van der Waals surface area contributed by atoms with Crippen molar-refractivity contribution in [3.8, 4) is 33.4 Å². The molecule has 9 aromatic rings. The molecule has 0 N–H and O–H groups in total. The van der Waals surface area contributed by atoms with Crippen molar-refractivity contribution in [2.75, 3.05) is 0 Å². The predicted molar refractivity (Wildman–Crippen MR) is 183 cm³/mol. The van der Waals surface area contributed by atoms with Crippen LogP contribution in [0.3, 0.4) is 0 Å². The summed E-state index contributed by atoms with van der Waals surface area (Å²) in [5.41, 5.74) is 4.55. The van der Waals surface area contributed by atoms with Gasteiger partial charge in [0.15, 0.2) is 0 Å². The lowest BCUT2D eigenvalue weighted by molar-refractivity contribution is 0.669. The molecule has 200 valence electrons. The van der Waals surface area contributed by atoms with E-state index in [2.05, 4.69) is 78.9 Å². The fraction of sp³-hybridized carbons (Fsp3) is 0. The molecule has 0 fully saturated rings. The van der Waals surface area contributed by atoms with Crippen LogP contribution in [0.1, 0.15) is 9.60 Å². The first-order valence-electron chi connectivity index (χ1n) is 17.7. The summed E-state index contributed by atoms with van der Waals surface area (Å²) in [6, 6.07) is 37.2. The Hall–Kier alpha value is -5.66. The second-order valence-electron chi connectivity index (χ2n) is 10.8. The van der Waals surface area contributed by atoms with Gasteiger partial charge in [0, 0.05) is 10.8 Å². The zero-order chi connectivity index (χ0) is 34.4. The van der Waals surface area contributed by atoms with Crippen molar-refractivity contribution in [1.82, 2.24) is 0 Å². The molecule has 8 aromatic carbocycles. The molecule has 0 unspecified atom stereocenters. The molecule has 1 heterocycles. The minimum absolute atomic E-state index is 0.0185. The van der Waals surface area contributed by atoms with E-state index in [-0.39, 0.29) is 57.7 Å². The van der Waals surface area contributed by atoms with Crippen LogP contribution in [0.25, 0.3) is 87.6 Å². The fourth-order valence-electron chi connectivity index (χ4n) is 6.26. The summed E-state index contributed by atoms with van der Waals surface area (Å²) < 4.78 is 65.7. The lowest BCUT2D eigenvalue weighted by atomic mass is 9.91. The number of benzene rings is 8. The molecule has 0 spiro atoms. The van der Waals surface area contributed by atoms with Crippen molar-refractivity contribution in [2.24, 2.45) is 0 Å². The third kappa shape index (κ3) is 3.86. The Balaban J connectivity index is 1.17. The molecule has 9 rings (SSSR count). The summed E-state index contributed by atoms with van der Waals surface area (Å²) >= 11 is 0. The first kappa shape index (κ1) is 18.0. The summed E-state index contributed by atoms with van der Waals surface area (Å²) in [4.78, 5) is 0. The molecule has 43 heavy (non-hydrogen) atoms. The largest absolute Gasteiger partial charge is 0.456 e. The van der Waals surface area contributed by atoms with Gasteiger partial charge in [0.2, 0.25) is 0 Å². The normalized spacial score (nSPS) is 14.0. The van der Waals surface area contributed by atoms with Crippen LogP contribution in [0.5, 0.6) is 0 Å². The van der Waals surface area contributed by atoms with Crippen molar-refractivity contribution in [3.63, 3.8) is 0 Å². The molecule has 0 radical (unpaired) electrons. The van der Waals surface area contributed by atoms with Crippen LogP contribution in [0, 0.1) is 0 Å². The maximum absolute atomic E-state index is 9.08. The third-order valence-electron chi connectivity index (χ3n) is 8.31. The van der Waals surface area contributed by atoms with Crippen LogP contribution in [0.15, 0.2) is 162 Å². The van der Waals surface area contributed by atoms with E-state index in [0.717, 1.165) is 22.3 Å². The predicted octanol–water partition coefficient (Wildman–Crippen LogP) is 12.0. The minimum Gasteiger partial charge on any atom is -0.456 e. The lowest BCUT2D eigenvalue weighted by Gasteiger charge is -2.13. The molecule has 0 atom stereocenters. The van der Waals surface area contributed by atoms with E-state index in [1.807, 2.05) is 30.3 Å². The van der Waals surface area contributed by atoms with Gasteiger partial charge in [-0.1, -0.05) is 121 Å². The highest BCUT2D eigenvalue weighted by atomic mass is 16.3. The summed E-state index contributed by atoms with van der Waals surface area (Å²) in [6.07, 6.45) is 0. The average molecular weight is 554 g/mol. The third-order valence-corrected chi connectivity index (χ3v) is 8.31. The Bertz CT molecular complexity index is 2870. The van der Waals surface area contributed by atoms with Gasteiger partial charge >= 0.3 is 0 Å². The Morgan fingerprint density at radius 2 is 0.860 bits per heavy atom. The molecule has 1 aromatic heterocycles. The van der Waals surface area contributed by atoms with Gasteiger partial charge < -0.3 is 4.42 Å². The molecule has 1 heteroatoms. The number of rotatable bonds is 3. The van der Waals surface area contributed by atoms with E-state index in [4.69, 9.17) is 14.0 Å². The van der Waals surface area contributed by atoms with Crippen molar-refractivity contribution >= 4 is 54.3 Å². The van der Waals surface area contributed by atoms with Gasteiger partial charge in [-0.15, -0.1) is 0 Å². The molecule has 0 saturated carbocycles. The summed E-state index contributed by atoms with van der Waals surface area (Å²) in [7, 11) is 0. The Morgan fingerprint density at radius 3 is 1.51 bits per heavy atom. The number of para-hydroxylation sites is 1. The summed E-state index contributed by atoms with van der Waals surface area (Å²) in [5, 5.41) is 7.35. The smallest absolute Gasteiger partial charge is 0.136 e. The monoisotopic (exact) mass is 553 g/mol. The van der Waals surface area contributed by atoms with Gasteiger partial charge in [0.1, 0.15) is 11.2 Å². The second-order valence-corrected chi connectivity index (χ2v) is 10.8. The molecular formula is C42H26O. The van der Waals surface area contributed by atoms with Gasteiger partial charge in [-0.2, -0.15) is 0 Å². The molecule has 0 amide bonds. The molecule has 0 saturated heterocycles. The molecule has 0 aliphatic heterocycles. The number of hydrogen-bond acceptors (Lipinski definition) is 1. The maximum atomic E-state index is 9.08. The van der Waals surface area contributed by atoms with E-state index < -0.39 is 12.1 Å². The Labute approximate surface area is 259 Å². The van der Waals surface area contributed by atoms with E-state index >= 15 is 0 Å².